The van der Waals surface area contributed by atoms with Crippen molar-refractivity contribution >= 4 is 17.6 Å². The number of carbonyl (C=O) groups is 1. The molecule has 1 aliphatic rings. The fourth-order valence-corrected chi connectivity index (χ4v) is 3.32. The molecule has 0 saturated heterocycles. The summed E-state index contributed by atoms with van der Waals surface area (Å²) in [5.74, 6) is -0.312. The maximum Gasteiger partial charge on any atom is 0.324 e. The molecule has 0 N–H and O–H groups in total. The lowest BCUT2D eigenvalue weighted by Gasteiger charge is -2.12. The van der Waals surface area contributed by atoms with Crippen LogP contribution in [0.25, 0.3) is 11.1 Å². The number of benzene rings is 2. The second-order valence-corrected chi connectivity index (χ2v) is 6.75. The van der Waals surface area contributed by atoms with Gasteiger partial charge in [-0.15, -0.1) is 11.6 Å². The summed E-state index contributed by atoms with van der Waals surface area (Å²) in [4.78, 5) is 12.0. The smallest absolute Gasteiger partial charge is 0.324 e. The molecule has 0 amide bonds. The summed E-state index contributed by atoms with van der Waals surface area (Å²) in [6.45, 7) is 3.81. The summed E-state index contributed by atoms with van der Waals surface area (Å²) >= 11 is 6.09. The Hall–Kier alpha value is -2.31. The molecule has 2 aromatic rings. The van der Waals surface area contributed by atoms with Crippen molar-refractivity contribution in [2.75, 3.05) is 0 Å². The van der Waals surface area contributed by atoms with Gasteiger partial charge in [-0.1, -0.05) is 62.2 Å². The fourth-order valence-electron chi connectivity index (χ4n) is 3.10. The number of alkyl halides is 1. The molecular weight excluding hydrogens is 346 g/mol. The van der Waals surface area contributed by atoms with Gasteiger partial charge in [-0.2, -0.15) is 5.26 Å². The zero-order valence-corrected chi connectivity index (χ0v) is 16.1. The van der Waals surface area contributed by atoms with Gasteiger partial charge in [0.05, 0.1) is 6.07 Å². The lowest BCUT2D eigenvalue weighted by molar-refractivity contribution is -0.144. The number of esters is 1. The van der Waals surface area contributed by atoms with Crippen LogP contribution in [-0.2, 0) is 22.6 Å². The number of carbonyl (C=O) groups excluding carboxylic acids is 1. The third-order valence-corrected chi connectivity index (χ3v) is 4.78. The maximum absolute atomic E-state index is 12.0. The van der Waals surface area contributed by atoms with Crippen LogP contribution in [0.5, 0.6) is 0 Å². The minimum absolute atomic E-state index is 0.297. The van der Waals surface area contributed by atoms with E-state index in [4.69, 9.17) is 21.6 Å². The van der Waals surface area contributed by atoms with E-state index in [0.29, 0.717) is 13.0 Å². The number of nitriles is 1. The van der Waals surface area contributed by atoms with Gasteiger partial charge >= 0.3 is 5.97 Å². The van der Waals surface area contributed by atoms with E-state index >= 15 is 0 Å². The van der Waals surface area contributed by atoms with Crippen molar-refractivity contribution in [1.82, 2.24) is 0 Å². The number of unbranched alkanes of at least 4 members (excludes halogenated alkanes) is 1. The SMILES string of the molecule is CC#N.CCCCC(Cl)C(=O)OCc1cccc2c1Cc1ccccc1-2. The zero-order valence-electron chi connectivity index (χ0n) is 15.3. The Morgan fingerprint density at radius 3 is 2.65 bits per heavy atom. The number of halogens is 1. The number of ether oxygens (including phenoxy) is 1. The predicted octanol–water partition coefficient (Wildman–Crippen LogP) is 5.63. The van der Waals surface area contributed by atoms with Crippen LogP contribution < -0.4 is 0 Å². The Morgan fingerprint density at radius 1 is 1.23 bits per heavy atom. The van der Waals surface area contributed by atoms with Crippen molar-refractivity contribution in [3.05, 3.63) is 59.2 Å². The van der Waals surface area contributed by atoms with Crippen molar-refractivity contribution in [2.45, 2.75) is 51.5 Å². The molecule has 1 unspecified atom stereocenters. The second-order valence-electron chi connectivity index (χ2n) is 6.22. The van der Waals surface area contributed by atoms with Crippen LogP contribution in [-0.4, -0.2) is 11.3 Å². The molecule has 1 aliphatic carbocycles. The lowest BCUT2D eigenvalue weighted by atomic mass is 10.0. The first-order valence-electron chi connectivity index (χ1n) is 8.92. The molecule has 136 valence electrons. The molecule has 26 heavy (non-hydrogen) atoms. The van der Waals surface area contributed by atoms with Crippen LogP contribution in [0, 0.1) is 11.3 Å². The first kappa shape index (κ1) is 20.0. The van der Waals surface area contributed by atoms with E-state index in [-0.39, 0.29) is 5.97 Å². The first-order chi connectivity index (χ1) is 12.6. The molecule has 0 aliphatic heterocycles. The van der Waals surface area contributed by atoms with Crippen LogP contribution in [0.3, 0.4) is 0 Å². The van der Waals surface area contributed by atoms with E-state index in [2.05, 4.69) is 37.3 Å². The summed E-state index contributed by atoms with van der Waals surface area (Å²) in [5.41, 5.74) is 6.21. The van der Waals surface area contributed by atoms with Crippen molar-refractivity contribution in [3.8, 4) is 17.2 Å². The topological polar surface area (TPSA) is 50.1 Å². The Bertz CT molecular complexity index is 795. The van der Waals surface area contributed by atoms with Crippen molar-refractivity contribution in [2.24, 2.45) is 0 Å². The van der Waals surface area contributed by atoms with Gasteiger partial charge in [-0.3, -0.25) is 4.79 Å². The van der Waals surface area contributed by atoms with Crippen LogP contribution in [0.1, 0.15) is 49.8 Å². The van der Waals surface area contributed by atoms with Crippen molar-refractivity contribution in [1.29, 1.82) is 5.26 Å². The van der Waals surface area contributed by atoms with E-state index in [1.165, 1.54) is 29.2 Å². The summed E-state index contributed by atoms with van der Waals surface area (Å²) in [6.07, 6.45) is 3.55. The fraction of sp³-hybridized carbons (Fsp3) is 0.364. The largest absolute Gasteiger partial charge is 0.460 e. The second kappa shape index (κ2) is 9.99. The Morgan fingerprint density at radius 2 is 1.92 bits per heavy atom. The van der Waals surface area contributed by atoms with E-state index in [1.807, 2.05) is 12.1 Å². The molecule has 4 heteroatoms. The van der Waals surface area contributed by atoms with Gasteiger partial charge in [0.15, 0.2) is 0 Å². The molecule has 1 atom stereocenters. The highest BCUT2D eigenvalue weighted by Crippen LogP contribution is 2.38. The normalized spacial score (nSPS) is 12.1. The molecule has 3 nitrogen and oxygen atoms in total. The monoisotopic (exact) mass is 369 g/mol. The molecule has 0 bridgehead atoms. The van der Waals surface area contributed by atoms with Crippen LogP contribution >= 0.6 is 11.6 Å². The molecule has 2 aromatic carbocycles. The van der Waals surface area contributed by atoms with Gasteiger partial charge < -0.3 is 4.74 Å². The van der Waals surface area contributed by atoms with E-state index < -0.39 is 5.38 Å². The number of rotatable bonds is 6. The average molecular weight is 370 g/mol. The van der Waals surface area contributed by atoms with E-state index in [0.717, 1.165) is 24.8 Å². The summed E-state index contributed by atoms with van der Waals surface area (Å²) < 4.78 is 5.44. The molecule has 0 aromatic heterocycles. The van der Waals surface area contributed by atoms with Gasteiger partial charge in [0.25, 0.3) is 0 Å². The molecule has 3 rings (SSSR count). The van der Waals surface area contributed by atoms with Gasteiger partial charge in [0, 0.05) is 6.92 Å². The third kappa shape index (κ3) is 4.86. The molecule has 0 saturated carbocycles. The quantitative estimate of drug-likeness (QED) is 0.418. The molecule has 0 radical (unpaired) electrons. The van der Waals surface area contributed by atoms with Gasteiger partial charge in [0.2, 0.25) is 0 Å². The number of fused-ring (bicyclic) bond motifs is 3. The summed E-state index contributed by atoms with van der Waals surface area (Å²) in [5, 5.41) is 6.78. The Balaban J connectivity index is 0.000000758. The van der Waals surface area contributed by atoms with E-state index in [9.17, 15) is 4.79 Å². The number of nitrogens with zero attached hydrogens (tertiary/aromatic N) is 1. The minimum Gasteiger partial charge on any atom is -0.460 e. The number of hydrogen-bond acceptors (Lipinski definition) is 3. The van der Waals surface area contributed by atoms with Crippen LogP contribution in [0.2, 0.25) is 0 Å². The summed E-state index contributed by atoms with van der Waals surface area (Å²) in [7, 11) is 0. The Labute approximate surface area is 160 Å². The molecule has 0 fully saturated rings. The van der Waals surface area contributed by atoms with Gasteiger partial charge in [0.1, 0.15) is 12.0 Å². The number of hydrogen-bond donors (Lipinski definition) is 0. The maximum atomic E-state index is 12.0. The van der Waals surface area contributed by atoms with Gasteiger partial charge in [-0.05, 0) is 40.7 Å². The standard InChI is InChI=1S/C20H21ClO2.C2H3N/c1-2-3-11-19(21)20(22)23-13-15-8-6-10-17-16-9-5-4-7-14(16)12-18(15)17;1-2-3/h4-10,19H,2-3,11-13H2,1H3;1H3. The van der Waals surface area contributed by atoms with Crippen LogP contribution in [0.4, 0.5) is 0 Å². The highest BCUT2D eigenvalue weighted by molar-refractivity contribution is 6.29. The minimum atomic E-state index is -0.538. The molecule has 0 heterocycles. The summed E-state index contributed by atoms with van der Waals surface area (Å²) in [6, 6.07) is 16.4. The Kier molecular flexibility index (Phi) is 7.69. The molecule has 0 spiro atoms. The highest BCUT2D eigenvalue weighted by Gasteiger charge is 2.22. The highest BCUT2D eigenvalue weighted by atomic mass is 35.5. The molecular formula is C22H24ClNO2. The van der Waals surface area contributed by atoms with Gasteiger partial charge in [-0.25, -0.2) is 0 Å². The van der Waals surface area contributed by atoms with Crippen LogP contribution in [0.15, 0.2) is 42.5 Å². The zero-order chi connectivity index (χ0) is 18.9. The van der Waals surface area contributed by atoms with Crippen molar-refractivity contribution < 1.29 is 9.53 Å². The van der Waals surface area contributed by atoms with E-state index in [1.54, 1.807) is 6.07 Å². The van der Waals surface area contributed by atoms with Crippen molar-refractivity contribution in [3.63, 3.8) is 0 Å². The first-order valence-corrected chi connectivity index (χ1v) is 9.36. The average Bonchev–Trinajstić information content (AvgIpc) is 3.04. The predicted molar refractivity (Wildman–Crippen MR) is 105 cm³/mol. The third-order valence-electron chi connectivity index (χ3n) is 4.38. The lowest BCUT2D eigenvalue weighted by Crippen LogP contribution is -2.18.